The van der Waals surface area contributed by atoms with Crippen molar-refractivity contribution in [1.82, 2.24) is 4.90 Å². The molecule has 1 aliphatic rings. The summed E-state index contributed by atoms with van der Waals surface area (Å²) in [5.41, 5.74) is -0.371. The van der Waals surface area contributed by atoms with Crippen LogP contribution < -0.4 is 0 Å². The maximum absolute atomic E-state index is 11.5. The summed E-state index contributed by atoms with van der Waals surface area (Å²) < 4.78 is 5.25. The quantitative estimate of drug-likeness (QED) is 0.680. The lowest BCUT2D eigenvalue weighted by Crippen LogP contribution is -2.27. The largest absolute Gasteiger partial charge is 0.444 e. The predicted octanol–water partition coefficient (Wildman–Crippen LogP) is 2.36. The molecule has 1 atom stereocenters. The van der Waals surface area contributed by atoms with Crippen molar-refractivity contribution in [2.45, 2.75) is 38.8 Å². The van der Waals surface area contributed by atoms with Crippen molar-refractivity contribution in [3.05, 3.63) is 0 Å². The molecule has 0 aromatic rings. The summed E-state index contributed by atoms with van der Waals surface area (Å²) in [7, 11) is 0. The van der Waals surface area contributed by atoms with Crippen molar-refractivity contribution in [2.75, 3.05) is 18.6 Å². The third-order valence-corrected chi connectivity index (χ3v) is 2.64. The van der Waals surface area contributed by atoms with Crippen molar-refractivity contribution in [3.8, 4) is 0 Å². The normalized spacial score (nSPS) is 20.9. The number of hydrogen-bond acceptors (Lipinski definition) is 3. The van der Waals surface area contributed by atoms with Gasteiger partial charge in [-0.25, -0.2) is 4.79 Å². The zero-order valence-electron chi connectivity index (χ0n) is 9.37. The summed E-state index contributed by atoms with van der Waals surface area (Å²) in [5.74, 6) is 1.12. The first-order valence-electron chi connectivity index (χ1n) is 4.92. The second kappa shape index (κ2) is 4.43. The van der Waals surface area contributed by atoms with Crippen LogP contribution in [0.5, 0.6) is 0 Å². The lowest BCUT2D eigenvalue weighted by molar-refractivity contribution is 0.0406. The molecule has 82 valence electrons. The number of nitrogens with zero attached hydrogens (tertiary/aromatic N) is 1. The van der Waals surface area contributed by atoms with Crippen LogP contribution in [0.1, 0.15) is 27.2 Å². The van der Waals surface area contributed by atoms with E-state index in [1.807, 2.05) is 32.5 Å². The summed E-state index contributed by atoms with van der Waals surface area (Å²) >= 11 is 1.82. The van der Waals surface area contributed by atoms with Crippen LogP contribution in [-0.2, 0) is 4.74 Å². The van der Waals surface area contributed by atoms with Gasteiger partial charge in [-0.1, -0.05) is 0 Å². The van der Waals surface area contributed by atoms with Crippen LogP contribution in [-0.4, -0.2) is 41.2 Å². The molecule has 0 N–H and O–H groups in total. The molecule has 1 amide bonds. The number of carbonyl (C=O) groups excluding carboxylic acids is 1. The van der Waals surface area contributed by atoms with Crippen LogP contribution in [0.4, 0.5) is 4.79 Å². The van der Waals surface area contributed by atoms with E-state index in [1.165, 1.54) is 0 Å². The van der Waals surface area contributed by atoms with E-state index in [4.69, 9.17) is 4.74 Å². The molecule has 0 bridgehead atoms. The van der Waals surface area contributed by atoms with Gasteiger partial charge in [0.05, 0.1) is 6.04 Å². The molecule has 4 heteroatoms. The third-order valence-electron chi connectivity index (χ3n) is 2.00. The van der Waals surface area contributed by atoms with Gasteiger partial charge in [0.1, 0.15) is 5.60 Å². The molecule has 0 spiro atoms. The Bertz CT molecular complexity index is 213. The first kappa shape index (κ1) is 11.7. The topological polar surface area (TPSA) is 29.3 Å². The van der Waals surface area contributed by atoms with Crippen molar-refractivity contribution in [2.24, 2.45) is 0 Å². The van der Waals surface area contributed by atoms with Gasteiger partial charge in [0.25, 0.3) is 0 Å². The van der Waals surface area contributed by atoms with Gasteiger partial charge in [0.2, 0.25) is 0 Å². The molecular formula is C10H19NO2S. The highest BCUT2D eigenvalue weighted by Crippen LogP contribution is 2.25. The van der Waals surface area contributed by atoms with Crippen LogP contribution >= 0.6 is 11.8 Å². The molecule has 1 fully saturated rings. The van der Waals surface area contributed by atoms with E-state index in [1.54, 1.807) is 4.90 Å². The lowest BCUT2D eigenvalue weighted by Gasteiger charge is -2.19. The number of hydrogen-bond donors (Lipinski definition) is 0. The van der Waals surface area contributed by atoms with E-state index in [9.17, 15) is 4.79 Å². The summed E-state index contributed by atoms with van der Waals surface area (Å²) in [6, 6.07) is 0.428. The molecule has 0 radical (unpaired) electrons. The fourth-order valence-electron chi connectivity index (χ4n) is 1.23. The molecule has 1 saturated heterocycles. The SMILES string of the molecule is CSCC[C@H]1CN1C(=O)OC(C)(C)C. The van der Waals surface area contributed by atoms with Crippen LogP contribution in [0.3, 0.4) is 0 Å². The molecule has 0 aromatic heterocycles. The van der Waals surface area contributed by atoms with E-state index >= 15 is 0 Å². The molecule has 0 aliphatic carbocycles. The molecule has 1 rings (SSSR count). The fraction of sp³-hybridized carbons (Fsp3) is 0.900. The maximum Gasteiger partial charge on any atom is 0.410 e. The second-order valence-corrected chi connectivity index (χ2v) is 5.55. The van der Waals surface area contributed by atoms with Crippen molar-refractivity contribution < 1.29 is 9.53 Å². The summed E-state index contributed by atoms with van der Waals surface area (Å²) in [5, 5.41) is 0. The van der Waals surface area contributed by atoms with Crippen LogP contribution in [0.2, 0.25) is 0 Å². The van der Waals surface area contributed by atoms with E-state index in [0.29, 0.717) is 6.04 Å². The Morgan fingerprint density at radius 1 is 1.57 bits per heavy atom. The Labute approximate surface area is 90.2 Å². The van der Waals surface area contributed by atoms with Crippen LogP contribution in [0.15, 0.2) is 0 Å². The van der Waals surface area contributed by atoms with Gasteiger partial charge in [0.15, 0.2) is 0 Å². The minimum Gasteiger partial charge on any atom is -0.444 e. The third kappa shape index (κ3) is 3.78. The smallest absolute Gasteiger partial charge is 0.410 e. The highest BCUT2D eigenvalue weighted by molar-refractivity contribution is 7.98. The van der Waals surface area contributed by atoms with Crippen molar-refractivity contribution in [1.29, 1.82) is 0 Å². The monoisotopic (exact) mass is 217 g/mol. The Kier molecular flexibility index (Phi) is 3.70. The van der Waals surface area contributed by atoms with Crippen molar-refractivity contribution >= 4 is 17.9 Å². The molecule has 3 nitrogen and oxygen atoms in total. The molecule has 1 heterocycles. The average Bonchev–Trinajstić information content (AvgIpc) is 2.76. The number of thioether (sulfide) groups is 1. The number of carbonyl (C=O) groups is 1. The first-order chi connectivity index (χ1) is 6.44. The van der Waals surface area contributed by atoms with E-state index in [2.05, 4.69) is 6.26 Å². The van der Waals surface area contributed by atoms with Gasteiger partial charge in [-0.15, -0.1) is 0 Å². The zero-order chi connectivity index (χ0) is 10.8. The van der Waals surface area contributed by atoms with Gasteiger partial charge >= 0.3 is 6.09 Å². The number of amides is 1. The highest BCUT2D eigenvalue weighted by Gasteiger charge is 2.40. The molecular weight excluding hydrogens is 198 g/mol. The maximum atomic E-state index is 11.5. The molecule has 1 aliphatic heterocycles. The Morgan fingerprint density at radius 3 is 2.71 bits per heavy atom. The van der Waals surface area contributed by atoms with Gasteiger partial charge in [0, 0.05) is 6.54 Å². The Balaban J connectivity index is 2.22. The van der Waals surface area contributed by atoms with Crippen molar-refractivity contribution in [3.63, 3.8) is 0 Å². The Hall–Kier alpha value is -0.380. The van der Waals surface area contributed by atoms with Crippen LogP contribution in [0.25, 0.3) is 0 Å². The average molecular weight is 217 g/mol. The fourth-order valence-corrected chi connectivity index (χ4v) is 1.73. The van der Waals surface area contributed by atoms with E-state index in [0.717, 1.165) is 18.7 Å². The van der Waals surface area contributed by atoms with Gasteiger partial charge < -0.3 is 9.64 Å². The molecule has 0 aromatic carbocycles. The molecule has 0 saturated carbocycles. The molecule has 14 heavy (non-hydrogen) atoms. The summed E-state index contributed by atoms with van der Waals surface area (Å²) in [6.07, 6.45) is 3.00. The minimum atomic E-state index is -0.371. The molecule has 0 unspecified atom stereocenters. The van der Waals surface area contributed by atoms with Gasteiger partial charge in [-0.05, 0) is 39.2 Å². The standard InChI is InChI=1S/C10H19NO2S/c1-10(2,3)13-9(12)11-7-8(11)5-6-14-4/h8H,5-7H2,1-4H3/t8-,11?/m0/s1. The zero-order valence-corrected chi connectivity index (χ0v) is 10.2. The predicted molar refractivity (Wildman–Crippen MR) is 59.7 cm³/mol. The number of rotatable bonds is 3. The highest BCUT2D eigenvalue weighted by atomic mass is 32.2. The van der Waals surface area contributed by atoms with Gasteiger partial charge in [-0.3, -0.25) is 0 Å². The summed E-state index contributed by atoms with van der Waals surface area (Å²) in [6.45, 7) is 6.55. The summed E-state index contributed by atoms with van der Waals surface area (Å²) in [4.78, 5) is 13.3. The second-order valence-electron chi connectivity index (χ2n) is 4.57. The van der Waals surface area contributed by atoms with Crippen LogP contribution in [0, 0.1) is 0 Å². The lowest BCUT2D eigenvalue weighted by atomic mass is 10.2. The Morgan fingerprint density at radius 2 is 2.21 bits per heavy atom. The first-order valence-corrected chi connectivity index (χ1v) is 6.32. The van der Waals surface area contributed by atoms with Gasteiger partial charge in [-0.2, -0.15) is 11.8 Å². The van der Waals surface area contributed by atoms with E-state index < -0.39 is 0 Å². The van der Waals surface area contributed by atoms with E-state index in [-0.39, 0.29) is 11.7 Å². The minimum absolute atomic E-state index is 0.163. The number of ether oxygens (including phenoxy) is 1.